The molecule has 2 aliphatic carbocycles. The second-order valence-electron chi connectivity index (χ2n) is 14.9. The number of allylic oxidation sites excluding steroid dienone is 1. The monoisotopic (exact) mass is 747 g/mol. The molecule has 52 heavy (non-hydrogen) atoms. The smallest absolute Gasteiger partial charge is 0.410 e. The van der Waals surface area contributed by atoms with Crippen LogP contribution in [0, 0.1) is 17.2 Å². The zero-order valence-corrected chi connectivity index (χ0v) is 29.8. The highest BCUT2D eigenvalue weighted by Gasteiger charge is 2.62. The SMILES string of the molecule is CC(CO)(CO)C(=O)N[C@H]1CCCCCC=C[C@@H]2C[C@@]2(C(=O)NS(=O)(=O)C2CC2)NC(=O)[C@@H]2C[C@@H](OC(=O)N3Cc4cccc(F)c4C3)CN2C1=O. The summed E-state index contributed by atoms with van der Waals surface area (Å²) in [7, 11) is -3.95. The van der Waals surface area contributed by atoms with Crippen molar-refractivity contribution in [3.63, 3.8) is 0 Å². The summed E-state index contributed by atoms with van der Waals surface area (Å²) in [6, 6.07) is 2.08. The molecule has 0 bridgehead atoms. The molecule has 3 heterocycles. The van der Waals surface area contributed by atoms with Crippen molar-refractivity contribution in [1.29, 1.82) is 0 Å². The number of ether oxygens (including phenoxy) is 1. The predicted octanol–water partition coefficient (Wildman–Crippen LogP) is 0.727. The molecule has 5 atom stereocenters. The first-order chi connectivity index (χ1) is 24.7. The summed E-state index contributed by atoms with van der Waals surface area (Å²) >= 11 is 0. The number of nitrogens with one attached hydrogen (secondary N) is 3. The molecule has 0 aromatic heterocycles. The minimum Gasteiger partial charge on any atom is -0.444 e. The fourth-order valence-corrected chi connectivity index (χ4v) is 8.46. The second kappa shape index (κ2) is 14.7. The number of carbonyl (C=O) groups excluding carboxylic acids is 5. The number of hydrogen-bond acceptors (Lipinski definition) is 10. The van der Waals surface area contributed by atoms with Crippen molar-refractivity contribution in [2.45, 2.75) is 107 Å². The minimum absolute atomic E-state index is 0.0288. The zero-order chi connectivity index (χ0) is 37.4. The van der Waals surface area contributed by atoms with Crippen molar-refractivity contribution in [3.05, 3.63) is 47.3 Å². The predicted molar refractivity (Wildman–Crippen MR) is 182 cm³/mol. The topological polar surface area (TPSA) is 212 Å². The molecule has 3 aliphatic heterocycles. The lowest BCUT2D eigenvalue weighted by Gasteiger charge is -2.32. The third-order valence-corrected chi connectivity index (χ3v) is 12.7. The van der Waals surface area contributed by atoms with Crippen molar-refractivity contribution < 1.29 is 51.7 Å². The molecule has 17 heteroatoms. The third-order valence-electron chi connectivity index (χ3n) is 10.8. The van der Waals surface area contributed by atoms with Crippen molar-refractivity contribution in [3.8, 4) is 0 Å². The van der Waals surface area contributed by atoms with Crippen LogP contribution in [-0.2, 0) is 47.0 Å². The Labute approximate surface area is 301 Å². The van der Waals surface area contributed by atoms with Gasteiger partial charge in [0.15, 0.2) is 0 Å². The van der Waals surface area contributed by atoms with Gasteiger partial charge >= 0.3 is 6.09 Å². The Balaban J connectivity index is 1.26. The number of benzene rings is 1. The van der Waals surface area contributed by atoms with Crippen molar-refractivity contribution in [2.75, 3.05) is 19.8 Å². The van der Waals surface area contributed by atoms with Gasteiger partial charge in [-0.1, -0.05) is 37.1 Å². The quantitative estimate of drug-likeness (QED) is 0.235. The van der Waals surface area contributed by atoms with Crippen LogP contribution in [0.3, 0.4) is 0 Å². The van der Waals surface area contributed by atoms with E-state index in [1.165, 1.54) is 22.8 Å². The normalized spacial score (nSPS) is 28.1. The molecule has 1 aromatic carbocycles. The molecule has 1 saturated heterocycles. The van der Waals surface area contributed by atoms with Gasteiger partial charge < -0.3 is 30.5 Å². The Kier molecular flexibility index (Phi) is 10.7. The molecule has 284 valence electrons. The summed E-state index contributed by atoms with van der Waals surface area (Å²) in [5.74, 6) is -4.04. The Morgan fingerprint density at radius 3 is 2.54 bits per heavy atom. The molecule has 0 unspecified atom stereocenters. The molecule has 0 radical (unpaired) electrons. The lowest BCUT2D eigenvalue weighted by molar-refractivity contribution is -0.145. The van der Waals surface area contributed by atoms with Gasteiger partial charge in [0.1, 0.15) is 29.5 Å². The Morgan fingerprint density at radius 1 is 1.10 bits per heavy atom. The molecule has 2 saturated carbocycles. The van der Waals surface area contributed by atoms with Crippen LogP contribution in [0.25, 0.3) is 0 Å². The van der Waals surface area contributed by atoms with Crippen molar-refractivity contribution in [1.82, 2.24) is 25.2 Å². The number of aliphatic hydroxyl groups excluding tert-OH is 2. The maximum absolute atomic E-state index is 14.4. The number of amides is 5. The summed E-state index contributed by atoms with van der Waals surface area (Å²) < 4.78 is 47.8. The van der Waals surface area contributed by atoms with Gasteiger partial charge in [0.2, 0.25) is 27.7 Å². The second-order valence-corrected chi connectivity index (χ2v) is 16.9. The number of halogens is 1. The first-order valence-electron chi connectivity index (χ1n) is 17.8. The van der Waals surface area contributed by atoms with Crippen LogP contribution in [0.5, 0.6) is 0 Å². The lowest BCUT2D eigenvalue weighted by atomic mass is 9.91. The van der Waals surface area contributed by atoms with Gasteiger partial charge in [-0.2, -0.15) is 0 Å². The van der Waals surface area contributed by atoms with Gasteiger partial charge in [-0.05, 0) is 57.1 Å². The van der Waals surface area contributed by atoms with Crippen LogP contribution in [0.1, 0.15) is 75.8 Å². The van der Waals surface area contributed by atoms with E-state index in [2.05, 4.69) is 15.4 Å². The zero-order valence-electron chi connectivity index (χ0n) is 29.0. The average Bonchev–Trinajstić information content (AvgIpc) is 4.00. The first-order valence-corrected chi connectivity index (χ1v) is 19.4. The van der Waals surface area contributed by atoms with E-state index >= 15 is 0 Å². The van der Waals surface area contributed by atoms with E-state index in [1.807, 2.05) is 6.08 Å². The number of hydrogen-bond donors (Lipinski definition) is 5. The number of aliphatic hydroxyl groups is 2. The van der Waals surface area contributed by atoms with Gasteiger partial charge in [-0.15, -0.1) is 0 Å². The van der Waals surface area contributed by atoms with E-state index in [0.717, 1.165) is 0 Å². The summed E-state index contributed by atoms with van der Waals surface area (Å²) in [5, 5.41) is 24.4. The summed E-state index contributed by atoms with van der Waals surface area (Å²) in [4.78, 5) is 71.2. The molecule has 15 nitrogen and oxygen atoms in total. The number of sulfonamides is 1. The van der Waals surface area contributed by atoms with Crippen molar-refractivity contribution >= 4 is 39.7 Å². The molecular formula is C35H46FN5O10S. The van der Waals surface area contributed by atoms with Crippen LogP contribution in [-0.4, -0.2) is 107 Å². The van der Waals surface area contributed by atoms with Crippen LogP contribution in [0.4, 0.5) is 9.18 Å². The maximum atomic E-state index is 14.4. The van der Waals surface area contributed by atoms with Crippen LogP contribution >= 0.6 is 0 Å². The third kappa shape index (κ3) is 7.67. The molecule has 6 rings (SSSR count). The van der Waals surface area contributed by atoms with Crippen LogP contribution in [0.2, 0.25) is 0 Å². The van der Waals surface area contributed by atoms with Gasteiger partial charge in [-0.25, -0.2) is 17.6 Å². The highest BCUT2D eigenvalue weighted by molar-refractivity contribution is 7.91. The summed E-state index contributed by atoms with van der Waals surface area (Å²) in [5.41, 5.74) is -2.20. The molecule has 5 N–H and O–H groups in total. The summed E-state index contributed by atoms with van der Waals surface area (Å²) in [6.45, 7) is -0.221. The molecule has 0 spiro atoms. The van der Waals surface area contributed by atoms with Crippen LogP contribution in [0.15, 0.2) is 30.4 Å². The largest absolute Gasteiger partial charge is 0.444 e. The van der Waals surface area contributed by atoms with Gasteiger partial charge in [-0.3, -0.25) is 28.8 Å². The molecule has 1 aromatic rings. The van der Waals surface area contributed by atoms with Crippen molar-refractivity contribution in [2.24, 2.45) is 11.3 Å². The van der Waals surface area contributed by atoms with E-state index in [-0.39, 0.29) is 38.9 Å². The van der Waals surface area contributed by atoms with E-state index in [1.54, 1.807) is 18.2 Å². The average molecular weight is 748 g/mol. The van der Waals surface area contributed by atoms with E-state index in [0.29, 0.717) is 49.7 Å². The molecular weight excluding hydrogens is 701 g/mol. The lowest BCUT2D eigenvalue weighted by Crippen LogP contribution is -2.59. The number of fused-ring (bicyclic) bond motifs is 3. The highest BCUT2D eigenvalue weighted by atomic mass is 32.2. The number of rotatable bonds is 8. The minimum atomic E-state index is -3.95. The van der Waals surface area contributed by atoms with Gasteiger partial charge in [0, 0.05) is 24.4 Å². The van der Waals surface area contributed by atoms with E-state index in [9.17, 15) is 47.0 Å². The molecule has 3 fully saturated rings. The molecule has 5 aliphatic rings. The first kappa shape index (κ1) is 37.7. The van der Waals surface area contributed by atoms with E-state index < -0.39 is 99.1 Å². The standard InChI is InChI=1S/C35H46FN5O10S/c1-34(19-42,20-43)31(46)37-27-11-6-4-2-3-5-9-22-15-35(22,32(47)39-52(49,50)24-12-13-24)38-29(44)28-14-23(17-41(28)30(27)45)51-33(48)40-16-21-8-7-10-26(36)25(21)18-40/h5,7-10,22-24,27-28,42-43H,2-4,6,11-20H2,1H3,(H,37,46)(H,38,44)(H,39,47)/t22-,23-,27+,28+,35-/m1/s1. The highest BCUT2D eigenvalue weighted by Crippen LogP contribution is 2.46. The molecule has 5 amide bonds. The number of carbonyl (C=O) groups is 5. The number of nitrogens with zero attached hydrogens (tertiary/aromatic N) is 2. The Morgan fingerprint density at radius 2 is 1.85 bits per heavy atom. The fourth-order valence-electron chi connectivity index (χ4n) is 7.10. The van der Waals surface area contributed by atoms with E-state index in [4.69, 9.17) is 4.74 Å². The maximum Gasteiger partial charge on any atom is 0.410 e. The Bertz CT molecular complexity index is 1750. The van der Waals surface area contributed by atoms with Gasteiger partial charge in [0.25, 0.3) is 5.91 Å². The van der Waals surface area contributed by atoms with Crippen LogP contribution < -0.4 is 15.4 Å². The summed E-state index contributed by atoms with van der Waals surface area (Å²) in [6.07, 6.45) is 5.34. The fraction of sp³-hybridized carbons (Fsp3) is 0.629. The Hall–Kier alpha value is -4.09. The van der Waals surface area contributed by atoms with Gasteiger partial charge in [0.05, 0.1) is 37.0 Å².